The highest BCUT2D eigenvalue weighted by Gasteiger charge is 2.40. The Morgan fingerprint density at radius 3 is 2.63 bits per heavy atom. The van der Waals surface area contributed by atoms with Crippen LogP contribution >= 0.6 is 0 Å². The van der Waals surface area contributed by atoms with Gasteiger partial charge >= 0.3 is 0 Å². The largest absolute Gasteiger partial charge is 0.308 e. The summed E-state index contributed by atoms with van der Waals surface area (Å²) in [5.41, 5.74) is 0.482. The van der Waals surface area contributed by atoms with Crippen LogP contribution in [0.4, 0.5) is 0 Å². The zero-order valence-electron chi connectivity index (χ0n) is 13.4. The fraction of sp³-hybridized carbons (Fsp3) is 1.00. The summed E-state index contributed by atoms with van der Waals surface area (Å²) >= 11 is 0. The summed E-state index contributed by atoms with van der Waals surface area (Å²) in [4.78, 5) is 2.80. The third kappa shape index (κ3) is 3.95. The number of rotatable bonds is 6. The summed E-state index contributed by atoms with van der Waals surface area (Å²) in [5.74, 6) is 0.916. The Kier molecular flexibility index (Phi) is 5.70. The number of nitrogens with zero attached hydrogens (tertiary/aromatic N) is 1. The molecule has 1 saturated heterocycles. The van der Waals surface area contributed by atoms with Gasteiger partial charge in [-0.1, -0.05) is 46.0 Å². The monoisotopic (exact) mass is 266 g/mol. The topological polar surface area (TPSA) is 15.3 Å². The summed E-state index contributed by atoms with van der Waals surface area (Å²) in [6.07, 6.45) is 11.2. The third-order valence-electron chi connectivity index (χ3n) is 5.50. The Balaban J connectivity index is 1.89. The highest BCUT2D eigenvalue weighted by atomic mass is 15.3. The molecule has 1 spiro atoms. The van der Waals surface area contributed by atoms with E-state index in [1.807, 2.05) is 0 Å². The van der Waals surface area contributed by atoms with E-state index in [0.29, 0.717) is 5.54 Å². The van der Waals surface area contributed by atoms with Crippen molar-refractivity contribution < 1.29 is 0 Å². The number of hydrogen-bond donors (Lipinski definition) is 1. The molecular weight excluding hydrogens is 232 g/mol. The first-order valence-electron chi connectivity index (χ1n) is 8.68. The van der Waals surface area contributed by atoms with Crippen molar-refractivity contribution in [1.82, 2.24) is 10.2 Å². The smallest absolute Gasteiger partial charge is 0.0309 e. The summed E-state index contributed by atoms with van der Waals surface area (Å²) < 4.78 is 0. The minimum Gasteiger partial charge on any atom is -0.308 e. The lowest BCUT2D eigenvalue weighted by Gasteiger charge is -2.46. The van der Waals surface area contributed by atoms with Crippen LogP contribution < -0.4 is 5.32 Å². The van der Waals surface area contributed by atoms with Gasteiger partial charge in [-0.15, -0.1) is 0 Å². The van der Waals surface area contributed by atoms with Crippen LogP contribution in [-0.2, 0) is 0 Å². The second kappa shape index (κ2) is 7.08. The van der Waals surface area contributed by atoms with Gasteiger partial charge in [-0.05, 0) is 32.1 Å². The molecular formula is C17H34N2. The summed E-state index contributed by atoms with van der Waals surface area (Å²) in [5, 5.41) is 3.87. The fourth-order valence-electron chi connectivity index (χ4n) is 3.97. The third-order valence-corrected chi connectivity index (χ3v) is 5.50. The molecule has 2 atom stereocenters. The van der Waals surface area contributed by atoms with E-state index in [1.165, 1.54) is 71.0 Å². The van der Waals surface area contributed by atoms with E-state index in [4.69, 9.17) is 0 Å². The van der Waals surface area contributed by atoms with Gasteiger partial charge in [0, 0.05) is 31.2 Å². The predicted molar refractivity (Wildman–Crippen MR) is 83.5 cm³/mol. The van der Waals surface area contributed by atoms with E-state index in [1.54, 1.807) is 0 Å². The lowest BCUT2D eigenvalue weighted by atomic mass is 9.90. The van der Waals surface area contributed by atoms with Crippen LogP contribution in [0.3, 0.4) is 0 Å². The summed E-state index contributed by atoms with van der Waals surface area (Å²) in [6.45, 7) is 10.9. The molecule has 1 aliphatic carbocycles. The van der Waals surface area contributed by atoms with Crippen LogP contribution in [0.15, 0.2) is 0 Å². The summed E-state index contributed by atoms with van der Waals surface area (Å²) in [6, 6.07) is 0.724. The Morgan fingerprint density at radius 2 is 2.00 bits per heavy atom. The first-order valence-corrected chi connectivity index (χ1v) is 8.68. The molecule has 0 bridgehead atoms. The van der Waals surface area contributed by atoms with E-state index in [9.17, 15) is 0 Å². The quantitative estimate of drug-likeness (QED) is 0.786. The molecule has 0 aromatic carbocycles. The molecule has 1 heterocycles. The van der Waals surface area contributed by atoms with Gasteiger partial charge in [0.15, 0.2) is 0 Å². The van der Waals surface area contributed by atoms with Crippen LogP contribution in [0.1, 0.15) is 72.1 Å². The Hall–Kier alpha value is -0.0800. The molecule has 0 amide bonds. The van der Waals surface area contributed by atoms with E-state index in [0.717, 1.165) is 12.0 Å². The molecule has 19 heavy (non-hydrogen) atoms. The number of piperazine rings is 1. The van der Waals surface area contributed by atoms with Gasteiger partial charge < -0.3 is 5.32 Å². The van der Waals surface area contributed by atoms with Gasteiger partial charge in [0.25, 0.3) is 0 Å². The second-order valence-electron chi connectivity index (χ2n) is 7.06. The first kappa shape index (κ1) is 15.3. The number of hydrogen-bond acceptors (Lipinski definition) is 2. The van der Waals surface area contributed by atoms with Crippen molar-refractivity contribution in [2.45, 2.75) is 83.7 Å². The normalized spacial score (nSPS) is 28.9. The van der Waals surface area contributed by atoms with Crippen molar-refractivity contribution in [3.05, 3.63) is 0 Å². The lowest BCUT2D eigenvalue weighted by Crippen LogP contribution is -2.62. The van der Waals surface area contributed by atoms with Crippen LogP contribution in [0, 0.1) is 5.92 Å². The molecule has 112 valence electrons. The number of nitrogens with one attached hydrogen (secondary N) is 1. The van der Waals surface area contributed by atoms with Gasteiger partial charge in [0.1, 0.15) is 0 Å². The molecule has 1 saturated carbocycles. The van der Waals surface area contributed by atoms with Crippen molar-refractivity contribution >= 4 is 0 Å². The van der Waals surface area contributed by atoms with Gasteiger partial charge in [-0.25, -0.2) is 0 Å². The van der Waals surface area contributed by atoms with Crippen molar-refractivity contribution in [2.24, 2.45) is 5.92 Å². The van der Waals surface area contributed by atoms with Crippen LogP contribution in [0.2, 0.25) is 0 Å². The van der Waals surface area contributed by atoms with Crippen molar-refractivity contribution in [3.63, 3.8) is 0 Å². The molecule has 2 unspecified atom stereocenters. The van der Waals surface area contributed by atoms with E-state index < -0.39 is 0 Å². The molecule has 1 N–H and O–H groups in total. The predicted octanol–water partition coefficient (Wildman–Crippen LogP) is 3.81. The average molecular weight is 266 g/mol. The Labute approximate surface area is 120 Å². The van der Waals surface area contributed by atoms with Crippen molar-refractivity contribution in [2.75, 3.05) is 19.6 Å². The first-order chi connectivity index (χ1) is 9.19. The second-order valence-corrected chi connectivity index (χ2v) is 7.06. The molecule has 2 aliphatic rings. The molecule has 0 aromatic rings. The van der Waals surface area contributed by atoms with Crippen LogP contribution in [0.25, 0.3) is 0 Å². The number of unbranched alkanes of at least 4 members (excludes halogenated alkanes) is 1. The maximum atomic E-state index is 3.87. The zero-order valence-corrected chi connectivity index (χ0v) is 13.4. The van der Waals surface area contributed by atoms with Crippen LogP contribution in [-0.4, -0.2) is 36.1 Å². The summed E-state index contributed by atoms with van der Waals surface area (Å²) in [7, 11) is 0. The zero-order chi connectivity index (χ0) is 13.7. The minimum absolute atomic E-state index is 0.482. The molecule has 2 nitrogen and oxygen atoms in total. The van der Waals surface area contributed by atoms with E-state index in [2.05, 4.69) is 31.0 Å². The van der Waals surface area contributed by atoms with Gasteiger partial charge in [-0.2, -0.15) is 0 Å². The highest BCUT2D eigenvalue weighted by molar-refractivity contribution is 5.00. The molecule has 0 aromatic heterocycles. The van der Waals surface area contributed by atoms with Crippen molar-refractivity contribution in [1.29, 1.82) is 0 Å². The Morgan fingerprint density at radius 1 is 1.26 bits per heavy atom. The van der Waals surface area contributed by atoms with Gasteiger partial charge in [0.2, 0.25) is 0 Å². The molecule has 2 heteroatoms. The molecule has 2 rings (SSSR count). The SMILES string of the molecule is CCCCC(CC)CN1CC2(CCCC2)NCC1C. The average Bonchev–Trinajstić information content (AvgIpc) is 2.87. The highest BCUT2D eigenvalue weighted by Crippen LogP contribution is 2.33. The standard InChI is InChI=1S/C17H34N2/c1-4-6-9-16(5-2)13-19-14-17(10-7-8-11-17)18-12-15(19)3/h15-16,18H,4-14H2,1-3H3. The van der Waals surface area contributed by atoms with E-state index in [-0.39, 0.29) is 0 Å². The Bertz CT molecular complexity index is 258. The molecule has 0 radical (unpaired) electrons. The lowest BCUT2D eigenvalue weighted by molar-refractivity contribution is 0.0717. The van der Waals surface area contributed by atoms with E-state index >= 15 is 0 Å². The maximum Gasteiger partial charge on any atom is 0.0309 e. The van der Waals surface area contributed by atoms with Crippen molar-refractivity contribution in [3.8, 4) is 0 Å². The maximum absolute atomic E-state index is 3.87. The van der Waals surface area contributed by atoms with Gasteiger partial charge in [0.05, 0.1) is 0 Å². The fourth-order valence-corrected chi connectivity index (χ4v) is 3.97. The molecule has 1 aliphatic heterocycles. The molecule has 2 fully saturated rings. The van der Waals surface area contributed by atoms with Gasteiger partial charge in [-0.3, -0.25) is 4.90 Å². The van der Waals surface area contributed by atoms with Crippen LogP contribution in [0.5, 0.6) is 0 Å². The minimum atomic E-state index is 0.482.